The van der Waals surface area contributed by atoms with Crippen LogP contribution in [0, 0.1) is 0 Å². The minimum absolute atomic E-state index is 0.348. The van der Waals surface area contributed by atoms with Crippen molar-refractivity contribution in [1.29, 1.82) is 0 Å². The van der Waals surface area contributed by atoms with E-state index in [1.807, 2.05) is 0 Å². The van der Waals surface area contributed by atoms with Gasteiger partial charge in [-0.25, -0.2) is 10.8 Å². The Balaban J connectivity index is 3.13. The third kappa shape index (κ3) is 1.37. The summed E-state index contributed by atoms with van der Waals surface area (Å²) in [4.78, 5) is 7.65. The van der Waals surface area contributed by atoms with Crippen molar-refractivity contribution in [3.05, 3.63) is 6.33 Å². The lowest BCUT2D eigenvalue weighted by Crippen LogP contribution is -2.10. The second kappa shape index (κ2) is 3.72. The molecule has 0 amide bonds. The number of nitrogen functional groups attached to an aromatic ring is 1. The van der Waals surface area contributed by atoms with Gasteiger partial charge >= 0.3 is 0 Å². The molecule has 0 unspecified atom stereocenters. The van der Waals surface area contributed by atoms with E-state index in [-0.39, 0.29) is 0 Å². The van der Waals surface area contributed by atoms with Crippen LogP contribution < -0.4 is 20.7 Å². The van der Waals surface area contributed by atoms with Gasteiger partial charge < -0.3 is 14.9 Å². The molecule has 3 N–H and O–H groups in total. The van der Waals surface area contributed by atoms with Crippen molar-refractivity contribution in [2.45, 2.75) is 0 Å². The summed E-state index contributed by atoms with van der Waals surface area (Å²) in [6.45, 7) is 0. The van der Waals surface area contributed by atoms with Crippen LogP contribution in [0.5, 0.6) is 11.6 Å². The summed E-state index contributed by atoms with van der Waals surface area (Å²) >= 11 is 0. The molecule has 1 heterocycles. The number of hydrogen-bond donors (Lipinski definition) is 2. The number of nitrogens with zero attached hydrogens (tertiary/aromatic N) is 2. The van der Waals surface area contributed by atoms with Crippen molar-refractivity contribution >= 4 is 5.82 Å². The van der Waals surface area contributed by atoms with Gasteiger partial charge in [0.25, 0.3) is 5.88 Å². The molecule has 0 aliphatic carbocycles. The average molecular weight is 170 g/mol. The van der Waals surface area contributed by atoms with E-state index in [0.29, 0.717) is 17.4 Å². The molecule has 0 fully saturated rings. The molecule has 0 saturated carbocycles. The third-order valence-electron chi connectivity index (χ3n) is 1.31. The molecule has 0 aliphatic heterocycles. The van der Waals surface area contributed by atoms with Gasteiger partial charge in [0, 0.05) is 0 Å². The molecule has 0 bridgehead atoms. The number of anilines is 1. The lowest BCUT2D eigenvalue weighted by Gasteiger charge is -2.08. The van der Waals surface area contributed by atoms with Crippen molar-refractivity contribution in [2.24, 2.45) is 5.84 Å². The van der Waals surface area contributed by atoms with Gasteiger partial charge in [0.05, 0.1) is 14.2 Å². The fourth-order valence-corrected chi connectivity index (χ4v) is 0.790. The first-order valence-corrected chi connectivity index (χ1v) is 3.23. The Kier molecular flexibility index (Phi) is 2.65. The standard InChI is InChI=1S/C6H10N4O2/c1-11-4-5(10-7)8-3-9-6(4)12-2/h3H,7H2,1-2H3,(H,8,9,10). The van der Waals surface area contributed by atoms with Crippen LogP contribution >= 0.6 is 0 Å². The largest absolute Gasteiger partial charge is 0.489 e. The number of nitrogens with two attached hydrogens (primary N) is 1. The molecule has 6 heteroatoms. The second-order valence-corrected chi connectivity index (χ2v) is 1.91. The lowest BCUT2D eigenvalue weighted by molar-refractivity contribution is 0.342. The second-order valence-electron chi connectivity index (χ2n) is 1.91. The Morgan fingerprint density at radius 3 is 2.58 bits per heavy atom. The van der Waals surface area contributed by atoms with Gasteiger partial charge in [-0.1, -0.05) is 0 Å². The maximum atomic E-state index is 5.17. The highest BCUT2D eigenvalue weighted by molar-refractivity contribution is 5.53. The van der Waals surface area contributed by atoms with E-state index in [4.69, 9.17) is 15.3 Å². The van der Waals surface area contributed by atoms with Crippen LogP contribution in [-0.4, -0.2) is 24.2 Å². The number of hydrazine groups is 1. The Hall–Kier alpha value is -1.56. The van der Waals surface area contributed by atoms with Crippen LogP contribution in [0.15, 0.2) is 6.33 Å². The van der Waals surface area contributed by atoms with Crippen LogP contribution in [-0.2, 0) is 0 Å². The maximum Gasteiger partial charge on any atom is 0.262 e. The molecular formula is C6H10N4O2. The van der Waals surface area contributed by atoms with Crippen LogP contribution in [0.2, 0.25) is 0 Å². The van der Waals surface area contributed by atoms with Crippen molar-refractivity contribution in [2.75, 3.05) is 19.6 Å². The van der Waals surface area contributed by atoms with Crippen LogP contribution in [0.4, 0.5) is 5.82 Å². The SMILES string of the molecule is COc1ncnc(NN)c1OC. The van der Waals surface area contributed by atoms with Gasteiger partial charge in [0.15, 0.2) is 5.82 Å². The average Bonchev–Trinajstić information content (AvgIpc) is 2.16. The zero-order valence-electron chi connectivity index (χ0n) is 6.87. The number of nitrogens with one attached hydrogen (secondary N) is 1. The first kappa shape index (κ1) is 8.54. The monoisotopic (exact) mass is 170 g/mol. The predicted molar refractivity (Wildman–Crippen MR) is 42.9 cm³/mol. The van der Waals surface area contributed by atoms with Crippen LogP contribution in [0.1, 0.15) is 0 Å². The minimum atomic E-state index is 0.348. The summed E-state index contributed by atoms with van der Waals surface area (Å²) in [5, 5.41) is 0. The first-order valence-electron chi connectivity index (χ1n) is 3.23. The molecule has 0 spiro atoms. The van der Waals surface area contributed by atoms with Crippen LogP contribution in [0.3, 0.4) is 0 Å². The highest BCUT2D eigenvalue weighted by Crippen LogP contribution is 2.29. The third-order valence-corrected chi connectivity index (χ3v) is 1.31. The molecule has 0 saturated heterocycles. The Morgan fingerprint density at radius 1 is 1.33 bits per heavy atom. The zero-order valence-corrected chi connectivity index (χ0v) is 6.87. The number of hydrogen-bond acceptors (Lipinski definition) is 6. The van der Waals surface area contributed by atoms with Gasteiger partial charge in [-0.05, 0) is 0 Å². The lowest BCUT2D eigenvalue weighted by atomic mass is 10.5. The number of methoxy groups -OCH3 is 2. The highest BCUT2D eigenvalue weighted by atomic mass is 16.5. The molecule has 66 valence electrons. The van der Waals surface area contributed by atoms with Crippen molar-refractivity contribution in [3.63, 3.8) is 0 Å². The van der Waals surface area contributed by atoms with Gasteiger partial charge in [0.2, 0.25) is 5.75 Å². The zero-order chi connectivity index (χ0) is 8.97. The van der Waals surface area contributed by atoms with Crippen molar-refractivity contribution in [1.82, 2.24) is 9.97 Å². The fraction of sp³-hybridized carbons (Fsp3) is 0.333. The molecule has 1 rings (SSSR count). The van der Waals surface area contributed by atoms with Gasteiger partial charge in [-0.15, -0.1) is 0 Å². The summed E-state index contributed by atoms with van der Waals surface area (Å²) in [5.41, 5.74) is 2.37. The topological polar surface area (TPSA) is 82.3 Å². The molecule has 12 heavy (non-hydrogen) atoms. The van der Waals surface area contributed by atoms with Crippen molar-refractivity contribution < 1.29 is 9.47 Å². The van der Waals surface area contributed by atoms with Gasteiger partial charge in [-0.3, -0.25) is 0 Å². The molecule has 6 nitrogen and oxygen atoms in total. The normalized spacial score (nSPS) is 9.25. The van der Waals surface area contributed by atoms with Crippen LogP contribution in [0.25, 0.3) is 0 Å². The smallest absolute Gasteiger partial charge is 0.262 e. The Bertz CT molecular complexity index is 243. The van der Waals surface area contributed by atoms with E-state index >= 15 is 0 Å². The summed E-state index contributed by atoms with van der Waals surface area (Å²) < 4.78 is 9.87. The van der Waals surface area contributed by atoms with E-state index < -0.39 is 0 Å². The minimum Gasteiger partial charge on any atom is -0.489 e. The van der Waals surface area contributed by atoms with E-state index in [2.05, 4.69) is 15.4 Å². The summed E-state index contributed by atoms with van der Waals surface area (Å²) in [7, 11) is 2.98. The molecular weight excluding hydrogens is 160 g/mol. The first-order chi connectivity index (χ1) is 5.83. The molecule has 1 aromatic heterocycles. The van der Waals surface area contributed by atoms with Crippen molar-refractivity contribution in [3.8, 4) is 11.6 Å². The van der Waals surface area contributed by atoms with E-state index in [1.54, 1.807) is 0 Å². The number of aromatic nitrogens is 2. The quantitative estimate of drug-likeness (QED) is 0.482. The predicted octanol–water partition coefficient (Wildman–Crippen LogP) is -0.221. The van der Waals surface area contributed by atoms with E-state index in [9.17, 15) is 0 Å². The molecule has 0 atom stereocenters. The van der Waals surface area contributed by atoms with E-state index in [0.717, 1.165) is 0 Å². The maximum absolute atomic E-state index is 5.17. The Morgan fingerprint density at radius 2 is 2.08 bits per heavy atom. The Labute approximate surface area is 69.7 Å². The van der Waals surface area contributed by atoms with Gasteiger partial charge in [-0.2, -0.15) is 4.98 Å². The van der Waals surface area contributed by atoms with Gasteiger partial charge in [0.1, 0.15) is 6.33 Å². The van der Waals surface area contributed by atoms with E-state index in [1.165, 1.54) is 20.5 Å². The number of ether oxygens (including phenoxy) is 2. The molecule has 0 aliphatic rings. The summed E-state index contributed by atoms with van der Waals surface area (Å²) in [6.07, 6.45) is 1.33. The summed E-state index contributed by atoms with van der Waals surface area (Å²) in [6, 6.07) is 0. The number of rotatable bonds is 3. The highest BCUT2D eigenvalue weighted by Gasteiger charge is 2.10. The molecule has 1 aromatic rings. The molecule has 0 aromatic carbocycles. The molecule has 0 radical (unpaired) electrons. The summed E-state index contributed by atoms with van der Waals surface area (Å²) in [5.74, 6) is 6.31. The fourth-order valence-electron chi connectivity index (χ4n) is 0.790.